The average Bonchev–Trinajstić information content (AvgIpc) is 2.70. The van der Waals surface area contributed by atoms with Crippen LogP contribution in [0.4, 0.5) is 11.4 Å². The van der Waals surface area contributed by atoms with Gasteiger partial charge in [0.25, 0.3) is 0 Å². The molecule has 0 saturated carbocycles. The Morgan fingerprint density at radius 2 is 1.29 bits per heavy atom. The molecule has 3 aromatic rings. The Kier molecular flexibility index (Phi) is 4.64. The highest BCUT2D eigenvalue weighted by Gasteiger charge is 2.45. The number of ether oxygens (including phenoxy) is 1. The van der Waals surface area contributed by atoms with Crippen molar-refractivity contribution in [3.63, 3.8) is 0 Å². The summed E-state index contributed by atoms with van der Waals surface area (Å²) in [6.45, 7) is 0. The first kappa shape index (κ1) is 18.6. The van der Waals surface area contributed by atoms with E-state index in [0.29, 0.717) is 16.9 Å². The fourth-order valence-electron chi connectivity index (χ4n) is 3.36. The van der Waals surface area contributed by atoms with E-state index in [0.717, 1.165) is 14.7 Å². The van der Waals surface area contributed by atoms with Crippen molar-refractivity contribution in [3.8, 4) is 0 Å². The Bertz CT molecular complexity index is 1130. The van der Waals surface area contributed by atoms with Gasteiger partial charge in [0.1, 0.15) is 27.8 Å². The molecule has 1 aliphatic heterocycles. The number of nitrogens with zero attached hydrogens (tertiary/aromatic N) is 1. The summed E-state index contributed by atoms with van der Waals surface area (Å²) >= 11 is 0. The van der Waals surface area contributed by atoms with E-state index in [1.54, 1.807) is 24.3 Å². The van der Waals surface area contributed by atoms with Crippen LogP contribution in [0, 0.1) is 0 Å². The third-order valence-corrected chi connectivity index (χ3v) is 7.87. The highest BCUT2D eigenvalue weighted by atomic mass is 32.2. The number of anilines is 2. The predicted molar refractivity (Wildman–Crippen MR) is 110 cm³/mol. The number of carbonyl (C=O) groups is 1. The fraction of sp³-hybridized carbons (Fsp3) is 0.0952. The van der Waals surface area contributed by atoms with Crippen molar-refractivity contribution in [2.24, 2.45) is 0 Å². The number of para-hydroxylation sites is 2. The summed E-state index contributed by atoms with van der Waals surface area (Å²) in [5.74, 6) is -0.413. The number of esters is 1. The molecular formula is C21H18NO4S2+. The Morgan fingerprint density at radius 1 is 0.821 bits per heavy atom. The maximum Gasteiger partial charge on any atom is 0.343 e. The average molecular weight is 413 g/mol. The second-order valence-electron chi connectivity index (χ2n) is 6.26. The molecular weight excluding hydrogens is 394 g/mol. The van der Waals surface area contributed by atoms with Gasteiger partial charge in [-0.15, -0.1) is 0 Å². The first-order valence-electron chi connectivity index (χ1n) is 8.53. The lowest BCUT2D eigenvalue weighted by Crippen LogP contribution is -2.31. The van der Waals surface area contributed by atoms with E-state index in [9.17, 15) is 13.2 Å². The third-order valence-electron chi connectivity index (χ3n) is 4.45. The molecule has 0 unspecified atom stereocenters. The highest BCUT2D eigenvalue weighted by Crippen LogP contribution is 2.49. The lowest BCUT2D eigenvalue weighted by molar-refractivity contribution is 0.0596. The van der Waals surface area contributed by atoms with Crippen LogP contribution in [0.2, 0.25) is 0 Å². The standard InChI is InChI=1S/C21H18NO4S2/c1-26-21(23)15-9-3-6-12-18(15)27-19-13-7-4-10-16(19)22(28(2,24)25)17-11-5-8-14-20(17)27/h3-14H,1-2H3/q+1. The summed E-state index contributed by atoms with van der Waals surface area (Å²) in [5, 5.41) is 0. The number of methoxy groups -OCH3 is 1. The summed E-state index contributed by atoms with van der Waals surface area (Å²) in [6.07, 6.45) is 1.20. The molecule has 0 radical (unpaired) electrons. The van der Waals surface area contributed by atoms with Crippen LogP contribution in [-0.4, -0.2) is 27.8 Å². The number of hydrogen-bond donors (Lipinski definition) is 0. The van der Waals surface area contributed by atoms with E-state index in [4.69, 9.17) is 4.74 Å². The van der Waals surface area contributed by atoms with Gasteiger partial charge in [-0.25, -0.2) is 17.5 Å². The Hall–Kier alpha value is -2.77. The molecule has 0 aromatic heterocycles. The summed E-state index contributed by atoms with van der Waals surface area (Å²) in [6, 6.07) is 22.1. The highest BCUT2D eigenvalue weighted by molar-refractivity contribution is 7.98. The van der Waals surface area contributed by atoms with Crippen LogP contribution in [0.3, 0.4) is 0 Å². The zero-order valence-corrected chi connectivity index (χ0v) is 17.0. The van der Waals surface area contributed by atoms with E-state index in [-0.39, 0.29) is 0 Å². The van der Waals surface area contributed by atoms with Crippen LogP contribution < -0.4 is 4.31 Å². The summed E-state index contributed by atoms with van der Waals surface area (Å²) in [5.41, 5.74) is 1.68. The molecule has 1 aliphatic rings. The summed E-state index contributed by atoms with van der Waals surface area (Å²) < 4.78 is 31.6. The quantitative estimate of drug-likeness (QED) is 0.482. The van der Waals surface area contributed by atoms with Crippen molar-refractivity contribution < 1.29 is 17.9 Å². The topological polar surface area (TPSA) is 63.7 Å². The molecule has 0 bridgehead atoms. The van der Waals surface area contributed by atoms with Gasteiger partial charge in [0.05, 0.1) is 13.4 Å². The zero-order valence-electron chi connectivity index (χ0n) is 15.3. The molecule has 28 heavy (non-hydrogen) atoms. The van der Waals surface area contributed by atoms with Gasteiger partial charge in [-0.2, -0.15) is 0 Å². The molecule has 0 fully saturated rings. The van der Waals surface area contributed by atoms with Crippen LogP contribution in [0.1, 0.15) is 10.4 Å². The first-order valence-corrected chi connectivity index (χ1v) is 11.6. The van der Waals surface area contributed by atoms with E-state index in [1.807, 2.05) is 48.5 Å². The molecule has 3 aromatic carbocycles. The van der Waals surface area contributed by atoms with Crippen molar-refractivity contribution in [2.45, 2.75) is 14.7 Å². The van der Waals surface area contributed by atoms with Gasteiger partial charge in [0.15, 0.2) is 14.7 Å². The molecule has 0 atom stereocenters. The molecule has 0 saturated heterocycles. The van der Waals surface area contributed by atoms with Gasteiger partial charge in [0, 0.05) is 0 Å². The van der Waals surface area contributed by atoms with Crippen molar-refractivity contribution in [2.75, 3.05) is 17.7 Å². The molecule has 5 nitrogen and oxygen atoms in total. The largest absolute Gasteiger partial charge is 0.465 e. The molecule has 0 spiro atoms. The number of fused-ring (bicyclic) bond motifs is 2. The molecule has 0 N–H and O–H groups in total. The second kappa shape index (κ2) is 7.00. The van der Waals surface area contributed by atoms with Gasteiger partial charge in [-0.1, -0.05) is 36.4 Å². The van der Waals surface area contributed by atoms with E-state index >= 15 is 0 Å². The SMILES string of the molecule is COC(=O)c1ccccc1[S+]1c2ccccc2N(S(C)(=O)=O)c2ccccc21. The third kappa shape index (κ3) is 2.96. The Morgan fingerprint density at radius 3 is 1.79 bits per heavy atom. The Balaban J connectivity index is 2.06. The lowest BCUT2D eigenvalue weighted by Gasteiger charge is -2.29. The summed E-state index contributed by atoms with van der Waals surface area (Å²) in [7, 11) is -2.84. The minimum absolute atomic E-state index is 0.413. The number of carbonyl (C=O) groups excluding carboxylic acids is 1. The Labute approximate surface area is 167 Å². The van der Waals surface area contributed by atoms with E-state index < -0.39 is 26.9 Å². The minimum Gasteiger partial charge on any atom is -0.465 e. The second-order valence-corrected chi connectivity index (χ2v) is 10.0. The van der Waals surface area contributed by atoms with Gasteiger partial charge in [0.2, 0.25) is 10.0 Å². The van der Waals surface area contributed by atoms with Gasteiger partial charge < -0.3 is 4.74 Å². The van der Waals surface area contributed by atoms with Gasteiger partial charge in [-0.3, -0.25) is 0 Å². The monoisotopic (exact) mass is 412 g/mol. The van der Waals surface area contributed by atoms with Crippen molar-refractivity contribution >= 4 is 38.3 Å². The fourth-order valence-corrected chi connectivity index (χ4v) is 6.97. The zero-order chi connectivity index (χ0) is 19.9. The number of hydrogen-bond acceptors (Lipinski definition) is 4. The van der Waals surface area contributed by atoms with Crippen LogP contribution in [0.5, 0.6) is 0 Å². The van der Waals surface area contributed by atoms with Crippen LogP contribution in [0.15, 0.2) is 87.5 Å². The molecule has 0 aliphatic carbocycles. The minimum atomic E-state index is -3.54. The molecule has 4 rings (SSSR count). The maximum absolute atomic E-state index is 12.6. The van der Waals surface area contributed by atoms with Crippen molar-refractivity contribution in [1.29, 1.82) is 0 Å². The molecule has 0 amide bonds. The smallest absolute Gasteiger partial charge is 0.343 e. The number of rotatable bonds is 3. The van der Waals surface area contributed by atoms with Crippen molar-refractivity contribution in [1.82, 2.24) is 0 Å². The molecule has 7 heteroatoms. The van der Waals surface area contributed by atoms with Gasteiger partial charge >= 0.3 is 5.97 Å². The molecule has 1 heterocycles. The van der Waals surface area contributed by atoms with E-state index in [1.165, 1.54) is 17.7 Å². The van der Waals surface area contributed by atoms with Crippen LogP contribution in [-0.2, 0) is 25.7 Å². The van der Waals surface area contributed by atoms with Crippen LogP contribution in [0.25, 0.3) is 0 Å². The van der Waals surface area contributed by atoms with Crippen LogP contribution >= 0.6 is 0 Å². The predicted octanol–water partition coefficient (Wildman–Crippen LogP) is 3.98. The summed E-state index contributed by atoms with van der Waals surface area (Å²) in [4.78, 5) is 14.9. The number of benzene rings is 3. The molecule has 142 valence electrons. The number of sulfonamides is 1. The first-order chi connectivity index (χ1) is 13.4. The normalized spacial score (nSPS) is 13.6. The lowest BCUT2D eigenvalue weighted by atomic mass is 10.2. The van der Waals surface area contributed by atoms with Gasteiger partial charge in [-0.05, 0) is 36.4 Å². The maximum atomic E-state index is 12.6. The van der Waals surface area contributed by atoms with E-state index in [2.05, 4.69) is 0 Å². The van der Waals surface area contributed by atoms with Crippen molar-refractivity contribution in [3.05, 3.63) is 78.4 Å².